The van der Waals surface area contributed by atoms with Crippen LogP contribution in [-0.2, 0) is 0 Å². The first-order valence-corrected chi connectivity index (χ1v) is 6.60. The van der Waals surface area contributed by atoms with E-state index in [1.54, 1.807) is 18.3 Å². The number of hydrogen-bond acceptors (Lipinski definition) is 3. The Morgan fingerprint density at radius 1 is 1.44 bits per heavy atom. The number of nitrogens with two attached hydrogens (primary N) is 1. The highest BCUT2D eigenvalue weighted by atomic mass is 16.1. The fourth-order valence-electron chi connectivity index (χ4n) is 2.60. The highest BCUT2D eigenvalue weighted by Crippen LogP contribution is 2.29. The van der Waals surface area contributed by atoms with Crippen LogP contribution in [0, 0.1) is 11.8 Å². The highest BCUT2D eigenvalue weighted by Gasteiger charge is 2.28. The number of hydrogen-bond donors (Lipinski definition) is 2. The molecule has 1 aromatic rings. The van der Waals surface area contributed by atoms with E-state index in [4.69, 9.17) is 5.73 Å². The predicted molar refractivity (Wildman–Crippen MR) is 72.1 cm³/mol. The van der Waals surface area contributed by atoms with Gasteiger partial charge in [0.15, 0.2) is 0 Å². The summed E-state index contributed by atoms with van der Waals surface area (Å²) in [6.45, 7) is 4.46. The van der Waals surface area contributed by atoms with Crippen molar-refractivity contribution < 1.29 is 4.79 Å². The third-order valence-electron chi connectivity index (χ3n) is 4.04. The van der Waals surface area contributed by atoms with Crippen LogP contribution >= 0.6 is 0 Å². The van der Waals surface area contributed by atoms with Gasteiger partial charge >= 0.3 is 0 Å². The van der Waals surface area contributed by atoms with E-state index in [0.29, 0.717) is 23.2 Å². The van der Waals surface area contributed by atoms with Crippen LogP contribution in [0.3, 0.4) is 0 Å². The van der Waals surface area contributed by atoms with Gasteiger partial charge in [0.2, 0.25) is 0 Å². The van der Waals surface area contributed by atoms with Crippen molar-refractivity contribution in [3.05, 3.63) is 24.0 Å². The number of nitrogens with one attached hydrogen (secondary N) is 1. The van der Waals surface area contributed by atoms with E-state index < -0.39 is 0 Å². The Morgan fingerprint density at radius 3 is 2.94 bits per heavy atom. The summed E-state index contributed by atoms with van der Waals surface area (Å²) < 4.78 is 0. The van der Waals surface area contributed by atoms with Gasteiger partial charge in [-0.3, -0.25) is 9.78 Å². The summed E-state index contributed by atoms with van der Waals surface area (Å²) in [5.74, 6) is 1.06. The molecule has 3 atom stereocenters. The van der Waals surface area contributed by atoms with Crippen LogP contribution in [0.5, 0.6) is 0 Å². The van der Waals surface area contributed by atoms with Gasteiger partial charge in [-0.1, -0.05) is 26.7 Å². The molecular weight excluding hydrogens is 226 g/mol. The van der Waals surface area contributed by atoms with Gasteiger partial charge in [-0.05, 0) is 30.4 Å². The molecule has 0 radical (unpaired) electrons. The molecule has 3 N–H and O–H groups in total. The third-order valence-corrected chi connectivity index (χ3v) is 4.04. The molecule has 1 aliphatic carbocycles. The van der Waals surface area contributed by atoms with Gasteiger partial charge in [0.05, 0.1) is 0 Å². The first kappa shape index (κ1) is 12.9. The second kappa shape index (κ2) is 5.38. The second-order valence-electron chi connectivity index (χ2n) is 5.32. The van der Waals surface area contributed by atoms with Gasteiger partial charge in [0.25, 0.3) is 5.91 Å². The fraction of sp³-hybridized carbons (Fsp3) is 0.571. The molecule has 0 spiro atoms. The van der Waals surface area contributed by atoms with Crippen LogP contribution in [0.4, 0.5) is 5.69 Å². The van der Waals surface area contributed by atoms with E-state index in [-0.39, 0.29) is 11.9 Å². The Balaban J connectivity index is 2.03. The second-order valence-corrected chi connectivity index (χ2v) is 5.32. The predicted octanol–water partition coefficient (Wildman–Crippen LogP) is 2.22. The fourth-order valence-corrected chi connectivity index (χ4v) is 2.60. The van der Waals surface area contributed by atoms with Crippen molar-refractivity contribution in [1.29, 1.82) is 0 Å². The molecule has 1 saturated carbocycles. The lowest BCUT2D eigenvalue weighted by atomic mass is 9.78. The maximum Gasteiger partial charge on any atom is 0.270 e. The molecular formula is C14H21N3O. The molecule has 1 aliphatic rings. The smallest absolute Gasteiger partial charge is 0.270 e. The summed E-state index contributed by atoms with van der Waals surface area (Å²) in [7, 11) is 0. The highest BCUT2D eigenvalue weighted by molar-refractivity contribution is 5.93. The van der Waals surface area contributed by atoms with Crippen LogP contribution < -0.4 is 11.1 Å². The molecule has 1 aromatic heterocycles. The normalized spacial score (nSPS) is 27.8. The van der Waals surface area contributed by atoms with Crippen molar-refractivity contribution in [3.63, 3.8) is 0 Å². The van der Waals surface area contributed by atoms with Crippen LogP contribution in [0.1, 0.15) is 43.6 Å². The maximum atomic E-state index is 12.1. The van der Waals surface area contributed by atoms with E-state index in [9.17, 15) is 4.79 Å². The van der Waals surface area contributed by atoms with Crippen LogP contribution in [-0.4, -0.2) is 16.9 Å². The summed E-state index contributed by atoms with van der Waals surface area (Å²) in [5, 5.41) is 3.09. The molecule has 4 heteroatoms. The van der Waals surface area contributed by atoms with Gasteiger partial charge in [0.1, 0.15) is 5.69 Å². The molecule has 18 heavy (non-hydrogen) atoms. The monoisotopic (exact) mass is 247 g/mol. The Bertz CT molecular complexity index is 433. The minimum atomic E-state index is -0.117. The molecule has 3 unspecified atom stereocenters. The number of anilines is 1. The van der Waals surface area contributed by atoms with Crippen LogP contribution in [0.25, 0.3) is 0 Å². The summed E-state index contributed by atoms with van der Waals surface area (Å²) in [6, 6.07) is 3.55. The van der Waals surface area contributed by atoms with Crippen molar-refractivity contribution in [1.82, 2.24) is 10.3 Å². The van der Waals surface area contributed by atoms with Crippen molar-refractivity contribution in [2.45, 2.75) is 39.2 Å². The number of amides is 1. The number of carbonyl (C=O) groups is 1. The number of carbonyl (C=O) groups excluding carboxylic acids is 1. The molecule has 0 saturated heterocycles. The number of pyridine rings is 1. The Hall–Kier alpha value is -1.58. The van der Waals surface area contributed by atoms with E-state index >= 15 is 0 Å². The van der Waals surface area contributed by atoms with Gasteiger partial charge in [-0.2, -0.15) is 0 Å². The first-order chi connectivity index (χ1) is 8.58. The molecule has 4 nitrogen and oxygen atoms in total. The van der Waals surface area contributed by atoms with Crippen molar-refractivity contribution in [2.24, 2.45) is 11.8 Å². The Labute approximate surface area is 108 Å². The molecule has 0 aromatic carbocycles. The van der Waals surface area contributed by atoms with E-state index in [1.807, 2.05) is 0 Å². The molecule has 1 fully saturated rings. The maximum absolute atomic E-state index is 12.1. The zero-order chi connectivity index (χ0) is 13.1. The average molecular weight is 247 g/mol. The van der Waals surface area contributed by atoms with Gasteiger partial charge < -0.3 is 11.1 Å². The minimum absolute atomic E-state index is 0.117. The number of aromatic nitrogens is 1. The molecule has 1 amide bonds. The van der Waals surface area contributed by atoms with Gasteiger partial charge in [-0.25, -0.2) is 0 Å². The summed E-state index contributed by atoms with van der Waals surface area (Å²) in [4.78, 5) is 16.1. The topological polar surface area (TPSA) is 68.0 Å². The Kier molecular flexibility index (Phi) is 3.84. The molecule has 1 heterocycles. The number of nitrogen functional groups attached to an aromatic ring is 1. The summed E-state index contributed by atoms with van der Waals surface area (Å²) in [6.07, 6.45) is 5.06. The number of rotatable bonds is 2. The lowest BCUT2D eigenvalue weighted by Gasteiger charge is -2.34. The first-order valence-electron chi connectivity index (χ1n) is 6.60. The standard InChI is InChI=1S/C14H21N3O/c1-9-4-3-5-12(10(9)2)17-14(18)13-8-11(15)6-7-16-13/h6-10,12H,3-5H2,1-2H3,(H2,15,16)(H,17,18). The van der Waals surface area contributed by atoms with E-state index in [1.165, 1.54) is 12.8 Å². The summed E-state index contributed by atoms with van der Waals surface area (Å²) >= 11 is 0. The SMILES string of the molecule is CC1CCCC(NC(=O)c2cc(N)ccn2)C1C. The third kappa shape index (κ3) is 2.81. The molecule has 2 rings (SSSR count). The largest absolute Gasteiger partial charge is 0.399 e. The summed E-state index contributed by atoms with van der Waals surface area (Å²) in [5.41, 5.74) is 6.63. The van der Waals surface area contributed by atoms with E-state index in [2.05, 4.69) is 24.1 Å². The lowest BCUT2D eigenvalue weighted by molar-refractivity contribution is 0.0886. The van der Waals surface area contributed by atoms with Crippen molar-refractivity contribution in [2.75, 3.05) is 5.73 Å². The van der Waals surface area contributed by atoms with E-state index in [0.717, 1.165) is 6.42 Å². The zero-order valence-electron chi connectivity index (χ0n) is 11.0. The van der Waals surface area contributed by atoms with Crippen LogP contribution in [0.15, 0.2) is 18.3 Å². The lowest BCUT2D eigenvalue weighted by Crippen LogP contribution is -2.43. The molecule has 0 bridgehead atoms. The zero-order valence-corrected chi connectivity index (χ0v) is 11.0. The minimum Gasteiger partial charge on any atom is -0.399 e. The molecule has 0 aliphatic heterocycles. The van der Waals surface area contributed by atoms with Crippen molar-refractivity contribution in [3.8, 4) is 0 Å². The van der Waals surface area contributed by atoms with Crippen molar-refractivity contribution >= 4 is 11.6 Å². The Morgan fingerprint density at radius 2 is 2.22 bits per heavy atom. The molecule has 98 valence electrons. The number of nitrogens with zero attached hydrogens (tertiary/aromatic N) is 1. The average Bonchev–Trinajstić information content (AvgIpc) is 2.35. The van der Waals surface area contributed by atoms with Crippen LogP contribution in [0.2, 0.25) is 0 Å². The van der Waals surface area contributed by atoms with Gasteiger partial charge in [0, 0.05) is 17.9 Å². The van der Waals surface area contributed by atoms with Gasteiger partial charge in [-0.15, -0.1) is 0 Å². The quantitative estimate of drug-likeness (QED) is 0.842.